The second-order valence-corrected chi connectivity index (χ2v) is 5.32. The molecule has 0 radical (unpaired) electrons. The van der Waals surface area contributed by atoms with Gasteiger partial charge in [0, 0.05) is 18.9 Å². The fraction of sp³-hybridized carbons (Fsp3) is 0.769. The Morgan fingerprint density at radius 1 is 1.29 bits per heavy atom. The zero-order chi connectivity index (χ0) is 11.7. The van der Waals surface area contributed by atoms with Gasteiger partial charge in [-0.1, -0.05) is 0 Å². The Bertz CT molecular complexity index is 378. The summed E-state index contributed by atoms with van der Waals surface area (Å²) in [5.41, 5.74) is 1.19. The van der Waals surface area contributed by atoms with Crippen molar-refractivity contribution in [3.63, 3.8) is 0 Å². The van der Waals surface area contributed by atoms with E-state index in [0.717, 1.165) is 50.2 Å². The average molecular weight is 235 g/mol. The highest BCUT2D eigenvalue weighted by Gasteiger charge is 2.24. The first-order valence-electron chi connectivity index (χ1n) is 6.70. The summed E-state index contributed by atoms with van der Waals surface area (Å²) in [6.07, 6.45) is 3.48. The van der Waals surface area contributed by atoms with Gasteiger partial charge in [-0.25, -0.2) is 4.98 Å². The van der Waals surface area contributed by atoms with Gasteiger partial charge in [-0.2, -0.15) is 0 Å². The van der Waals surface area contributed by atoms with Gasteiger partial charge in [-0.15, -0.1) is 0 Å². The lowest BCUT2D eigenvalue weighted by Gasteiger charge is -2.25. The van der Waals surface area contributed by atoms with Crippen LogP contribution < -0.4 is 10.6 Å². The molecule has 0 bridgehead atoms. The van der Waals surface area contributed by atoms with Crippen LogP contribution in [-0.2, 0) is 6.42 Å². The van der Waals surface area contributed by atoms with Crippen LogP contribution in [-0.4, -0.2) is 31.2 Å². The van der Waals surface area contributed by atoms with Crippen molar-refractivity contribution < 1.29 is 4.42 Å². The molecule has 1 atom stereocenters. The van der Waals surface area contributed by atoms with Gasteiger partial charge in [-0.05, 0) is 45.3 Å². The summed E-state index contributed by atoms with van der Waals surface area (Å²) < 4.78 is 5.81. The van der Waals surface area contributed by atoms with Gasteiger partial charge in [0.1, 0.15) is 5.76 Å². The fourth-order valence-corrected chi connectivity index (χ4v) is 2.76. The summed E-state index contributed by atoms with van der Waals surface area (Å²) in [4.78, 5) is 4.72. The molecule has 0 aliphatic carbocycles. The zero-order valence-corrected chi connectivity index (χ0v) is 10.5. The Hall–Kier alpha value is -0.870. The Morgan fingerprint density at radius 3 is 2.82 bits per heavy atom. The summed E-state index contributed by atoms with van der Waals surface area (Å²) >= 11 is 0. The van der Waals surface area contributed by atoms with Crippen LogP contribution in [0.4, 0.5) is 0 Å². The molecular weight excluding hydrogens is 214 g/mol. The van der Waals surface area contributed by atoms with Crippen LogP contribution >= 0.6 is 0 Å². The van der Waals surface area contributed by atoms with Crippen molar-refractivity contribution >= 4 is 0 Å². The van der Waals surface area contributed by atoms with E-state index in [1.54, 1.807) is 0 Å². The normalized spacial score (nSPS) is 25.8. The molecule has 4 heteroatoms. The fourth-order valence-electron chi connectivity index (χ4n) is 2.76. The van der Waals surface area contributed by atoms with Gasteiger partial charge >= 0.3 is 0 Å². The number of piperidine rings is 1. The molecule has 4 nitrogen and oxygen atoms in total. The quantitative estimate of drug-likeness (QED) is 0.827. The third-order valence-electron chi connectivity index (χ3n) is 3.89. The number of nitrogens with one attached hydrogen (secondary N) is 2. The highest BCUT2D eigenvalue weighted by atomic mass is 16.4. The van der Waals surface area contributed by atoms with Crippen molar-refractivity contribution in [2.24, 2.45) is 5.92 Å². The van der Waals surface area contributed by atoms with E-state index in [0.29, 0.717) is 5.92 Å². The first-order valence-corrected chi connectivity index (χ1v) is 6.70. The standard InChI is InChI=1S/C13H21N3O/c1-9-13(11-3-2-4-14-8-11)16-12(17-9)5-10-6-15-7-10/h10-11,14-15H,2-8H2,1H3. The maximum Gasteiger partial charge on any atom is 0.194 e. The van der Waals surface area contributed by atoms with Crippen molar-refractivity contribution in [1.82, 2.24) is 15.6 Å². The van der Waals surface area contributed by atoms with Crippen LogP contribution in [0.15, 0.2) is 4.42 Å². The van der Waals surface area contributed by atoms with E-state index in [1.165, 1.54) is 18.5 Å². The second kappa shape index (κ2) is 4.78. The third-order valence-corrected chi connectivity index (χ3v) is 3.89. The number of aromatic nitrogens is 1. The molecule has 0 amide bonds. The number of hydrogen-bond acceptors (Lipinski definition) is 4. The van der Waals surface area contributed by atoms with E-state index in [9.17, 15) is 0 Å². The average Bonchev–Trinajstić information content (AvgIpc) is 2.66. The highest BCUT2D eigenvalue weighted by molar-refractivity contribution is 5.15. The lowest BCUT2D eigenvalue weighted by atomic mass is 9.95. The minimum atomic E-state index is 0.556. The van der Waals surface area contributed by atoms with E-state index in [4.69, 9.17) is 9.40 Å². The molecule has 2 N–H and O–H groups in total. The highest BCUT2D eigenvalue weighted by Crippen LogP contribution is 2.26. The van der Waals surface area contributed by atoms with E-state index >= 15 is 0 Å². The predicted octanol–water partition coefficient (Wildman–Crippen LogP) is 1.21. The van der Waals surface area contributed by atoms with Crippen LogP contribution in [0.25, 0.3) is 0 Å². The van der Waals surface area contributed by atoms with E-state index < -0.39 is 0 Å². The molecular formula is C13H21N3O. The first-order chi connectivity index (χ1) is 8.33. The molecule has 2 aliphatic heterocycles. The monoisotopic (exact) mass is 235 g/mol. The van der Waals surface area contributed by atoms with Crippen molar-refractivity contribution in [1.29, 1.82) is 0 Å². The topological polar surface area (TPSA) is 50.1 Å². The maximum absolute atomic E-state index is 5.81. The molecule has 0 aromatic carbocycles. The molecule has 1 aromatic rings. The molecule has 0 spiro atoms. The molecule has 94 valence electrons. The molecule has 3 heterocycles. The summed E-state index contributed by atoms with van der Waals surface area (Å²) in [5, 5.41) is 6.73. The molecule has 1 aromatic heterocycles. The van der Waals surface area contributed by atoms with E-state index in [1.807, 2.05) is 0 Å². The van der Waals surface area contributed by atoms with Gasteiger partial charge in [0.2, 0.25) is 0 Å². The van der Waals surface area contributed by atoms with Crippen molar-refractivity contribution in [3.05, 3.63) is 17.3 Å². The van der Waals surface area contributed by atoms with Crippen molar-refractivity contribution in [2.45, 2.75) is 32.1 Å². The number of hydrogen-bond donors (Lipinski definition) is 2. The zero-order valence-electron chi connectivity index (χ0n) is 10.5. The van der Waals surface area contributed by atoms with Gasteiger partial charge < -0.3 is 15.1 Å². The smallest absolute Gasteiger partial charge is 0.194 e. The molecule has 0 saturated carbocycles. The Labute approximate surface area is 102 Å². The first kappa shape index (κ1) is 11.2. The molecule has 17 heavy (non-hydrogen) atoms. The van der Waals surface area contributed by atoms with Gasteiger partial charge in [0.05, 0.1) is 5.69 Å². The summed E-state index contributed by atoms with van der Waals surface area (Å²) in [6, 6.07) is 0. The minimum Gasteiger partial charge on any atom is -0.446 e. The van der Waals surface area contributed by atoms with Crippen LogP contribution in [0.3, 0.4) is 0 Å². The number of nitrogens with zero attached hydrogens (tertiary/aromatic N) is 1. The SMILES string of the molecule is Cc1oc(CC2CNC2)nc1C1CCCNC1. The van der Waals surface area contributed by atoms with Gasteiger partial charge in [0.15, 0.2) is 5.89 Å². The van der Waals surface area contributed by atoms with Crippen LogP contribution in [0.2, 0.25) is 0 Å². The third kappa shape index (κ3) is 2.38. The van der Waals surface area contributed by atoms with E-state index in [-0.39, 0.29) is 0 Å². The Kier molecular flexibility index (Phi) is 3.16. The van der Waals surface area contributed by atoms with Crippen LogP contribution in [0, 0.1) is 12.8 Å². The molecule has 2 aliphatic rings. The largest absolute Gasteiger partial charge is 0.446 e. The predicted molar refractivity (Wildman–Crippen MR) is 66.1 cm³/mol. The van der Waals surface area contributed by atoms with Crippen molar-refractivity contribution in [2.75, 3.05) is 26.2 Å². The number of rotatable bonds is 3. The van der Waals surface area contributed by atoms with Crippen molar-refractivity contribution in [3.8, 4) is 0 Å². The van der Waals surface area contributed by atoms with Crippen LogP contribution in [0.1, 0.15) is 36.1 Å². The minimum absolute atomic E-state index is 0.556. The lowest BCUT2D eigenvalue weighted by Crippen LogP contribution is -2.43. The summed E-state index contributed by atoms with van der Waals surface area (Å²) in [7, 11) is 0. The Balaban J connectivity index is 1.70. The maximum atomic E-state index is 5.81. The number of aryl methyl sites for hydroxylation is 1. The van der Waals surface area contributed by atoms with Gasteiger partial charge in [0.25, 0.3) is 0 Å². The summed E-state index contributed by atoms with van der Waals surface area (Å²) in [6.45, 7) is 6.48. The number of oxazole rings is 1. The molecule has 2 saturated heterocycles. The molecule has 2 fully saturated rings. The Morgan fingerprint density at radius 2 is 2.18 bits per heavy atom. The van der Waals surface area contributed by atoms with Gasteiger partial charge in [-0.3, -0.25) is 0 Å². The molecule has 3 rings (SSSR count). The summed E-state index contributed by atoms with van der Waals surface area (Å²) in [5.74, 6) is 3.25. The lowest BCUT2D eigenvalue weighted by molar-refractivity contribution is 0.315. The van der Waals surface area contributed by atoms with Crippen LogP contribution in [0.5, 0.6) is 0 Å². The van der Waals surface area contributed by atoms with E-state index in [2.05, 4.69) is 17.6 Å². The molecule has 1 unspecified atom stereocenters. The second-order valence-electron chi connectivity index (χ2n) is 5.32.